The number of thiazole rings is 1. The second kappa shape index (κ2) is 6.22. The van der Waals surface area contributed by atoms with E-state index in [2.05, 4.69) is 30.0 Å². The Kier molecular flexibility index (Phi) is 4.31. The van der Waals surface area contributed by atoms with Crippen LogP contribution in [0.1, 0.15) is 12.5 Å². The van der Waals surface area contributed by atoms with E-state index in [9.17, 15) is 4.79 Å². The van der Waals surface area contributed by atoms with E-state index >= 15 is 0 Å². The maximum absolute atomic E-state index is 12.1. The smallest absolute Gasteiger partial charge is 0.253 e. The highest BCUT2D eigenvalue weighted by Gasteiger charge is 2.29. The Balaban J connectivity index is 1.82. The molecule has 0 bridgehead atoms. The summed E-state index contributed by atoms with van der Waals surface area (Å²) in [5, 5.41) is 0.975. The van der Waals surface area contributed by atoms with Crippen molar-refractivity contribution in [2.24, 2.45) is 0 Å². The molecule has 0 saturated carbocycles. The lowest BCUT2D eigenvalue weighted by Crippen LogP contribution is -2.49. The number of aromatic nitrogens is 1. The summed E-state index contributed by atoms with van der Waals surface area (Å²) in [7, 11) is 3.52. The molecule has 2 heterocycles. The number of ether oxygens (including phenoxy) is 1. The zero-order valence-corrected chi connectivity index (χ0v) is 14.0. The van der Waals surface area contributed by atoms with Crippen LogP contribution < -0.4 is 4.90 Å². The van der Waals surface area contributed by atoms with Gasteiger partial charge in [0.05, 0.1) is 23.4 Å². The molecule has 118 valence electrons. The van der Waals surface area contributed by atoms with E-state index in [1.807, 2.05) is 0 Å². The van der Waals surface area contributed by atoms with Gasteiger partial charge < -0.3 is 14.5 Å². The van der Waals surface area contributed by atoms with Gasteiger partial charge in [-0.1, -0.05) is 24.3 Å². The second-order valence-corrected chi connectivity index (χ2v) is 6.70. The summed E-state index contributed by atoms with van der Waals surface area (Å²) in [5.41, 5.74) is 2.35. The molecular weight excluding hydrogens is 298 g/mol. The number of hydrogen-bond donors (Lipinski definition) is 0. The number of likely N-dealkylation sites (N-methyl/N-ethyl adjacent to an activating group) is 1. The number of fused-ring (bicyclic) bond motifs is 1. The maximum Gasteiger partial charge on any atom is 0.253 e. The van der Waals surface area contributed by atoms with Crippen LogP contribution >= 0.6 is 11.3 Å². The Labute approximate surface area is 134 Å². The molecular formula is C16H21N3O2S. The number of aryl methyl sites for hydroxylation is 1. The molecule has 5 nitrogen and oxygen atoms in total. The lowest BCUT2D eigenvalue weighted by Gasteiger charge is -2.33. The summed E-state index contributed by atoms with van der Waals surface area (Å²) in [4.78, 5) is 20.5. The Morgan fingerprint density at radius 3 is 3.05 bits per heavy atom. The summed E-state index contributed by atoms with van der Waals surface area (Å²) < 4.78 is 6.81. The Morgan fingerprint density at radius 2 is 2.32 bits per heavy atom. The monoisotopic (exact) mass is 319 g/mol. The first kappa shape index (κ1) is 15.2. The van der Waals surface area contributed by atoms with Crippen molar-refractivity contribution >= 4 is 32.6 Å². The summed E-state index contributed by atoms with van der Waals surface area (Å²) in [6.07, 6.45) is 0.627. The number of carbonyl (C=O) groups is 1. The molecule has 1 aliphatic rings. The summed E-state index contributed by atoms with van der Waals surface area (Å²) in [6.45, 7) is 4.05. The molecule has 1 atom stereocenters. The molecule has 1 saturated heterocycles. The van der Waals surface area contributed by atoms with Crippen LogP contribution in [0.2, 0.25) is 0 Å². The summed E-state index contributed by atoms with van der Waals surface area (Å²) >= 11 is 1.69. The number of anilines is 1. The molecule has 0 spiro atoms. The molecule has 0 N–H and O–H groups in total. The number of morpholine rings is 1. The minimum Gasteiger partial charge on any atom is -0.365 e. The number of carbonyl (C=O) groups excluding carboxylic acids is 1. The van der Waals surface area contributed by atoms with Crippen LogP contribution in [0.5, 0.6) is 0 Å². The van der Waals surface area contributed by atoms with Crippen molar-refractivity contribution < 1.29 is 9.53 Å². The molecule has 1 amide bonds. The van der Waals surface area contributed by atoms with E-state index in [4.69, 9.17) is 9.72 Å². The van der Waals surface area contributed by atoms with Gasteiger partial charge in [-0.25, -0.2) is 4.98 Å². The lowest BCUT2D eigenvalue weighted by atomic mass is 10.2. The fourth-order valence-corrected chi connectivity index (χ4v) is 3.64. The highest BCUT2D eigenvalue weighted by Crippen LogP contribution is 2.30. The van der Waals surface area contributed by atoms with Crippen molar-refractivity contribution in [1.29, 1.82) is 0 Å². The van der Waals surface area contributed by atoms with E-state index in [1.165, 1.54) is 10.3 Å². The van der Waals surface area contributed by atoms with E-state index in [1.54, 1.807) is 30.3 Å². The zero-order chi connectivity index (χ0) is 15.7. The van der Waals surface area contributed by atoms with Crippen LogP contribution in [0.3, 0.4) is 0 Å². The predicted molar refractivity (Wildman–Crippen MR) is 89.6 cm³/mol. The van der Waals surface area contributed by atoms with Gasteiger partial charge in [0, 0.05) is 20.6 Å². The first-order valence-electron chi connectivity index (χ1n) is 7.55. The van der Waals surface area contributed by atoms with Gasteiger partial charge in [0.25, 0.3) is 5.91 Å². The molecule has 3 rings (SSSR count). The fraction of sp³-hybridized carbons (Fsp3) is 0.500. The van der Waals surface area contributed by atoms with Crippen LogP contribution in [0, 0.1) is 0 Å². The van der Waals surface area contributed by atoms with E-state index in [0.717, 1.165) is 23.6 Å². The third-order valence-electron chi connectivity index (χ3n) is 3.90. The van der Waals surface area contributed by atoms with Crippen LogP contribution in [0.4, 0.5) is 5.13 Å². The largest absolute Gasteiger partial charge is 0.365 e. The van der Waals surface area contributed by atoms with Crippen LogP contribution in [-0.2, 0) is 16.0 Å². The van der Waals surface area contributed by atoms with E-state index < -0.39 is 6.10 Å². The van der Waals surface area contributed by atoms with Crippen molar-refractivity contribution in [3.63, 3.8) is 0 Å². The number of amides is 1. The summed E-state index contributed by atoms with van der Waals surface area (Å²) in [5.74, 6) is 0.0130. The standard InChI is InChI=1S/C16H21N3O2S/c1-4-11-5-6-12-14(9-11)22-16(17-12)19-7-8-21-13(10-19)15(20)18(2)3/h5-6,9,13H,4,7-8,10H2,1-3H3. The van der Waals surface area contributed by atoms with Crippen LogP contribution in [-0.4, -0.2) is 55.7 Å². The Hall–Kier alpha value is -1.66. The predicted octanol–water partition coefficient (Wildman–Crippen LogP) is 2.15. The van der Waals surface area contributed by atoms with Gasteiger partial charge >= 0.3 is 0 Å². The Morgan fingerprint density at radius 1 is 1.50 bits per heavy atom. The fourth-order valence-electron chi connectivity index (χ4n) is 2.57. The van der Waals surface area contributed by atoms with Crippen molar-refractivity contribution in [2.75, 3.05) is 38.7 Å². The zero-order valence-electron chi connectivity index (χ0n) is 13.2. The van der Waals surface area contributed by atoms with Gasteiger partial charge in [-0.2, -0.15) is 0 Å². The van der Waals surface area contributed by atoms with E-state index in [0.29, 0.717) is 13.2 Å². The number of hydrogen-bond acceptors (Lipinski definition) is 5. The van der Waals surface area contributed by atoms with E-state index in [-0.39, 0.29) is 5.91 Å². The van der Waals surface area contributed by atoms with Crippen molar-refractivity contribution in [2.45, 2.75) is 19.4 Å². The first-order chi connectivity index (χ1) is 10.6. The third kappa shape index (κ3) is 2.94. The normalized spacial score (nSPS) is 18.7. The SMILES string of the molecule is CCc1ccc2nc(N3CCOC(C(=O)N(C)C)C3)sc2c1. The maximum atomic E-state index is 12.1. The molecule has 6 heteroatoms. The molecule has 0 radical (unpaired) electrons. The minimum atomic E-state index is -0.401. The average molecular weight is 319 g/mol. The number of rotatable bonds is 3. The molecule has 22 heavy (non-hydrogen) atoms. The third-order valence-corrected chi connectivity index (χ3v) is 4.98. The first-order valence-corrected chi connectivity index (χ1v) is 8.37. The topological polar surface area (TPSA) is 45.7 Å². The molecule has 2 aromatic rings. The van der Waals surface area contributed by atoms with Gasteiger partial charge in [0.15, 0.2) is 11.2 Å². The number of benzene rings is 1. The van der Waals surface area contributed by atoms with Crippen molar-refractivity contribution in [3.05, 3.63) is 23.8 Å². The van der Waals surface area contributed by atoms with Crippen LogP contribution in [0.15, 0.2) is 18.2 Å². The lowest BCUT2D eigenvalue weighted by molar-refractivity contribution is -0.141. The quantitative estimate of drug-likeness (QED) is 0.870. The second-order valence-electron chi connectivity index (χ2n) is 5.69. The molecule has 1 aromatic carbocycles. The number of nitrogens with zero attached hydrogens (tertiary/aromatic N) is 3. The van der Waals surface area contributed by atoms with Crippen molar-refractivity contribution in [3.8, 4) is 0 Å². The van der Waals surface area contributed by atoms with Gasteiger partial charge in [-0.3, -0.25) is 4.79 Å². The molecule has 1 aromatic heterocycles. The van der Waals surface area contributed by atoms with Gasteiger partial charge in [-0.15, -0.1) is 0 Å². The molecule has 1 aliphatic heterocycles. The molecule has 0 aliphatic carbocycles. The average Bonchev–Trinajstić information content (AvgIpc) is 2.97. The van der Waals surface area contributed by atoms with Gasteiger partial charge in [0.1, 0.15) is 0 Å². The minimum absolute atomic E-state index is 0.0130. The van der Waals surface area contributed by atoms with Gasteiger partial charge in [-0.05, 0) is 24.1 Å². The Bertz CT molecular complexity index is 683. The van der Waals surface area contributed by atoms with Crippen LogP contribution in [0.25, 0.3) is 10.2 Å². The molecule has 1 unspecified atom stereocenters. The highest BCUT2D eigenvalue weighted by atomic mass is 32.1. The van der Waals surface area contributed by atoms with Crippen molar-refractivity contribution in [1.82, 2.24) is 9.88 Å². The van der Waals surface area contributed by atoms with Gasteiger partial charge in [0.2, 0.25) is 0 Å². The highest BCUT2D eigenvalue weighted by molar-refractivity contribution is 7.22. The molecule has 1 fully saturated rings. The summed E-state index contributed by atoms with van der Waals surface area (Å²) in [6, 6.07) is 6.42.